The number of rotatable bonds is 6. The predicted octanol–water partition coefficient (Wildman–Crippen LogP) is 3.54. The van der Waals surface area contributed by atoms with Crippen molar-refractivity contribution in [3.05, 3.63) is 29.8 Å². The molecule has 132 valence electrons. The summed E-state index contributed by atoms with van der Waals surface area (Å²) in [6.07, 6.45) is -0.461. The van der Waals surface area contributed by atoms with Gasteiger partial charge in [-0.15, -0.1) is 0 Å². The lowest BCUT2D eigenvalue weighted by molar-refractivity contribution is -0.0378. The molecule has 1 aromatic rings. The van der Waals surface area contributed by atoms with E-state index in [4.69, 9.17) is 5.11 Å². The van der Waals surface area contributed by atoms with E-state index in [1.807, 2.05) is 18.0 Å². The Morgan fingerprint density at radius 1 is 1.33 bits per heavy atom. The quantitative estimate of drug-likeness (QED) is 0.777. The van der Waals surface area contributed by atoms with Crippen molar-refractivity contribution in [1.82, 2.24) is 5.32 Å². The Labute approximate surface area is 139 Å². The van der Waals surface area contributed by atoms with Crippen LogP contribution in [0.2, 0.25) is 0 Å². The number of anilines is 1. The summed E-state index contributed by atoms with van der Waals surface area (Å²) in [4.78, 5) is 24.5. The van der Waals surface area contributed by atoms with Crippen LogP contribution in [0.15, 0.2) is 24.3 Å². The summed E-state index contributed by atoms with van der Waals surface area (Å²) >= 11 is 0. The third-order valence-electron chi connectivity index (χ3n) is 4.44. The van der Waals surface area contributed by atoms with Gasteiger partial charge in [0, 0.05) is 50.1 Å². The second-order valence-corrected chi connectivity index (χ2v) is 6.15. The molecular weight excluding hydrogens is 318 g/mol. The summed E-state index contributed by atoms with van der Waals surface area (Å²) in [6.45, 7) is 0.0614. The van der Waals surface area contributed by atoms with Gasteiger partial charge in [-0.1, -0.05) is 12.1 Å². The summed E-state index contributed by atoms with van der Waals surface area (Å²) in [6, 6.07) is 7.04. The van der Waals surface area contributed by atoms with Gasteiger partial charge in [0.15, 0.2) is 5.78 Å². The number of nitrogens with one attached hydrogen (secondary N) is 1. The summed E-state index contributed by atoms with van der Waals surface area (Å²) in [5.74, 6) is -2.72. The van der Waals surface area contributed by atoms with Crippen LogP contribution in [0.4, 0.5) is 19.3 Å². The van der Waals surface area contributed by atoms with E-state index in [-0.39, 0.29) is 37.6 Å². The largest absolute Gasteiger partial charge is 0.465 e. The van der Waals surface area contributed by atoms with Crippen molar-refractivity contribution in [3.8, 4) is 0 Å². The van der Waals surface area contributed by atoms with Gasteiger partial charge in [0.05, 0.1) is 0 Å². The molecule has 5 nitrogen and oxygen atoms in total. The number of carboxylic acid groups (broad SMARTS) is 1. The first-order chi connectivity index (χ1) is 11.3. The molecule has 0 unspecified atom stereocenters. The molecule has 0 saturated heterocycles. The number of Topliss-reactive ketones (excluding diaryl/α,β-unsaturated/α-hetero) is 1. The molecule has 1 aromatic carbocycles. The maximum Gasteiger partial charge on any atom is 0.404 e. The zero-order valence-corrected chi connectivity index (χ0v) is 13.6. The summed E-state index contributed by atoms with van der Waals surface area (Å²) in [5.41, 5.74) is 1.30. The fourth-order valence-corrected chi connectivity index (χ4v) is 2.95. The minimum atomic E-state index is -2.56. The zero-order valence-electron chi connectivity index (χ0n) is 13.6. The number of amides is 1. The lowest BCUT2D eigenvalue weighted by atomic mass is 9.91. The zero-order chi connectivity index (χ0) is 17.7. The molecule has 1 fully saturated rings. The van der Waals surface area contributed by atoms with Crippen LogP contribution < -0.4 is 10.2 Å². The Hall–Kier alpha value is -2.18. The molecule has 1 aliphatic rings. The molecule has 0 spiro atoms. The molecular formula is C17H22F2N2O3. The van der Waals surface area contributed by atoms with Crippen LogP contribution in [0.3, 0.4) is 0 Å². The Bertz CT molecular complexity index is 597. The number of carbonyl (C=O) groups is 2. The average molecular weight is 340 g/mol. The predicted molar refractivity (Wildman–Crippen MR) is 87.0 cm³/mol. The van der Waals surface area contributed by atoms with Gasteiger partial charge in [0.25, 0.3) is 0 Å². The second-order valence-electron chi connectivity index (χ2n) is 6.15. The van der Waals surface area contributed by atoms with Crippen LogP contribution in [0, 0.1) is 0 Å². The van der Waals surface area contributed by atoms with Crippen LogP contribution in [0.5, 0.6) is 0 Å². The molecule has 1 aliphatic carbocycles. The van der Waals surface area contributed by atoms with Crippen LogP contribution >= 0.6 is 0 Å². The van der Waals surface area contributed by atoms with Gasteiger partial charge in [-0.25, -0.2) is 13.6 Å². The lowest BCUT2D eigenvalue weighted by Gasteiger charge is -2.36. The molecule has 1 amide bonds. The molecule has 0 aliphatic heterocycles. The minimum absolute atomic E-state index is 0.0312. The van der Waals surface area contributed by atoms with Gasteiger partial charge in [0.1, 0.15) is 0 Å². The van der Waals surface area contributed by atoms with Gasteiger partial charge in [0.2, 0.25) is 5.92 Å². The number of halogens is 2. The Morgan fingerprint density at radius 3 is 2.62 bits per heavy atom. The SMILES string of the molecule is CN(c1cccc(C(=O)CCNC(=O)O)c1)C1CCC(F)(F)CC1. The fourth-order valence-electron chi connectivity index (χ4n) is 2.95. The van der Waals surface area contributed by atoms with Gasteiger partial charge in [-0.3, -0.25) is 4.79 Å². The van der Waals surface area contributed by atoms with Crippen LogP contribution in [0.25, 0.3) is 0 Å². The molecule has 0 radical (unpaired) electrons. The van der Waals surface area contributed by atoms with E-state index in [1.54, 1.807) is 18.2 Å². The van der Waals surface area contributed by atoms with E-state index < -0.39 is 12.0 Å². The monoisotopic (exact) mass is 340 g/mol. The van der Waals surface area contributed by atoms with Crippen molar-refractivity contribution in [2.75, 3.05) is 18.5 Å². The van der Waals surface area contributed by atoms with E-state index in [1.165, 1.54) is 0 Å². The Kier molecular flexibility index (Phi) is 5.75. The number of hydrogen-bond donors (Lipinski definition) is 2. The Balaban J connectivity index is 1.99. The lowest BCUT2D eigenvalue weighted by Crippen LogP contribution is -2.38. The van der Waals surface area contributed by atoms with Crippen LogP contribution in [-0.4, -0.2) is 42.5 Å². The number of benzene rings is 1. The van der Waals surface area contributed by atoms with Crippen molar-refractivity contribution in [1.29, 1.82) is 0 Å². The molecule has 7 heteroatoms. The van der Waals surface area contributed by atoms with E-state index in [0.29, 0.717) is 18.4 Å². The van der Waals surface area contributed by atoms with Crippen molar-refractivity contribution in [2.24, 2.45) is 0 Å². The first kappa shape index (κ1) is 18.2. The highest BCUT2D eigenvalue weighted by atomic mass is 19.3. The third kappa shape index (κ3) is 4.91. The normalized spacial score (nSPS) is 17.3. The van der Waals surface area contributed by atoms with Crippen molar-refractivity contribution < 1.29 is 23.5 Å². The van der Waals surface area contributed by atoms with Crippen molar-refractivity contribution in [3.63, 3.8) is 0 Å². The number of ketones is 1. The molecule has 2 N–H and O–H groups in total. The molecule has 0 aromatic heterocycles. The molecule has 1 saturated carbocycles. The molecule has 0 heterocycles. The highest BCUT2D eigenvalue weighted by Crippen LogP contribution is 2.36. The molecule has 0 atom stereocenters. The topological polar surface area (TPSA) is 69.6 Å². The van der Waals surface area contributed by atoms with E-state index >= 15 is 0 Å². The molecule has 0 bridgehead atoms. The smallest absolute Gasteiger partial charge is 0.404 e. The van der Waals surface area contributed by atoms with Gasteiger partial charge >= 0.3 is 6.09 Å². The highest BCUT2D eigenvalue weighted by molar-refractivity contribution is 5.97. The van der Waals surface area contributed by atoms with Gasteiger partial charge in [-0.2, -0.15) is 0 Å². The van der Waals surface area contributed by atoms with E-state index in [2.05, 4.69) is 5.32 Å². The Morgan fingerprint density at radius 2 is 2.00 bits per heavy atom. The summed E-state index contributed by atoms with van der Waals surface area (Å²) in [7, 11) is 1.85. The number of nitrogens with zero attached hydrogens (tertiary/aromatic N) is 1. The summed E-state index contributed by atoms with van der Waals surface area (Å²) in [5, 5.41) is 10.7. The van der Waals surface area contributed by atoms with E-state index in [0.717, 1.165) is 5.69 Å². The number of carbonyl (C=O) groups excluding carboxylic acids is 1. The van der Waals surface area contributed by atoms with Crippen molar-refractivity contribution >= 4 is 17.6 Å². The standard InChI is InChI=1S/C17H22F2N2O3/c1-21(13-5-8-17(18,19)9-6-13)14-4-2-3-12(11-14)15(22)7-10-20-16(23)24/h2-4,11,13,20H,5-10H2,1H3,(H,23,24). The van der Waals surface area contributed by atoms with E-state index in [9.17, 15) is 18.4 Å². The van der Waals surface area contributed by atoms with Gasteiger partial charge < -0.3 is 15.3 Å². The first-order valence-electron chi connectivity index (χ1n) is 7.99. The average Bonchev–Trinajstić information content (AvgIpc) is 2.54. The fraction of sp³-hybridized carbons (Fsp3) is 0.529. The van der Waals surface area contributed by atoms with Crippen molar-refractivity contribution in [2.45, 2.75) is 44.1 Å². The summed E-state index contributed by atoms with van der Waals surface area (Å²) < 4.78 is 26.6. The maximum atomic E-state index is 13.3. The van der Waals surface area contributed by atoms with Crippen LogP contribution in [-0.2, 0) is 0 Å². The molecule has 2 rings (SSSR count). The van der Waals surface area contributed by atoms with Crippen LogP contribution in [0.1, 0.15) is 42.5 Å². The molecule has 24 heavy (non-hydrogen) atoms. The number of hydrogen-bond acceptors (Lipinski definition) is 3. The number of alkyl halides is 2. The first-order valence-corrected chi connectivity index (χ1v) is 7.99. The van der Waals surface area contributed by atoms with Gasteiger partial charge in [-0.05, 0) is 25.0 Å². The second kappa shape index (κ2) is 7.59. The third-order valence-corrected chi connectivity index (χ3v) is 4.44. The highest BCUT2D eigenvalue weighted by Gasteiger charge is 2.36. The maximum absolute atomic E-state index is 13.3. The minimum Gasteiger partial charge on any atom is -0.465 e.